The molecule has 82 valence electrons. The van der Waals surface area contributed by atoms with Gasteiger partial charge in [-0.25, -0.2) is 0 Å². The zero-order valence-electron chi connectivity index (χ0n) is 9.66. The lowest BCUT2D eigenvalue weighted by Crippen LogP contribution is -2.26. The fourth-order valence-electron chi connectivity index (χ4n) is 2.37. The van der Waals surface area contributed by atoms with E-state index in [1.807, 2.05) is 7.05 Å². The van der Waals surface area contributed by atoms with Crippen molar-refractivity contribution in [2.75, 3.05) is 18.5 Å². The number of hydrogen-bond acceptors (Lipinski definition) is 2. The first-order chi connectivity index (χ1) is 7.31. The Morgan fingerprint density at radius 2 is 2.33 bits per heavy atom. The summed E-state index contributed by atoms with van der Waals surface area (Å²) in [6.07, 6.45) is 2.66. The molecule has 0 amide bonds. The van der Waals surface area contributed by atoms with Gasteiger partial charge < -0.3 is 10.2 Å². The third-order valence-corrected chi connectivity index (χ3v) is 3.18. The molecule has 0 spiro atoms. The van der Waals surface area contributed by atoms with Crippen LogP contribution in [0.25, 0.3) is 0 Å². The summed E-state index contributed by atoms with van der Waals surface area (Å²) in [6.45, 7) is 4.48. The van der Waals surface area contributed by atoms with Gasteiger partial charge in [-0.05, 0) is 44.5 Å². The van der Waals surface area contributed by atoms with Crippen LogP contribution in [0, 0.1) is 0 Å². The van der Waals surface area contributed by atoms with Gasteiger partial charge >= 0.3 is 0 Å². The number of hydrogen-bond donors (Lipinski definition) is 1. The summed E-state index contributed by atoms with van der Waals surface area (Å²) < 4.78 is 0. The van der Waals surface area contributed by atoms with E-state index in [0.29, 0.717) is 6.04 Å². The third kappa shape index (κ3) is 2.32. The summed E-state index contributed by atoms with van der Waals surface area (Å²) in [7, 11) is 1.99. The minimum Gasteiger partial charge on any atom is -0.369 e. The quantitative estimate of drug-likeness (QED) is 0.813. The van der Waals surface area contributed by atoms with E-state index in [0.717, 1.165) is 6.54 Å². The van der Waals surface area contributed by atoms with E-state index in [9.17, 15) is 0 Å². The highest BCUT2D eigenvalue weighted by molar-refractivity contribution is 5.50. The largest absolute Gasteiger partial charge is 0.369 e. The molecule has 15 heavy (non-hydrogen) atoms. The molecule has 1 N–H and O–H groups in total. The van der Waals surface area contributed by atoms with Gasteiger partial charge in [0.05, 0.1) is 0 Å². The van der Waals surface area contributed by atoms with E-state index >= 15 is 0 Å². The molecule has 1 unspecified atom stereocenters. The van der Waals surface area contributed by atoms with Crippen molar-refractivity contribution in [3.63, 3.8) is 0 Å². The Kier molecular flexibility index (Phi) is 3.27. The second-order valence-electron chi connectivity index (χ2n) is 4.38. The summed E-state index contributed by atoms with van der Waals surface area (Å²) in [5.74, 6) is 0. The first-order valence-corrected chi connectivity index (χ1v) is 5.81. The van der Waals surface area contributed by atoms with Gasteiger partial charge in [-0.1, -0.05) is 12.1 Å². The monoisotopic (exact) mass is 204 g/mol. The average Bonchev–Trinajstić information content (AvgIpc) is 2.65. The molecule has 1 atom stereocenters. The lowest BCUT2D eigenvalue weighted by atomic mass is 10.1. The molecular formula is C13H20N2. The normalized spacial score (nSPS) is 20.9. The Bertz CT molecular complexity index is 322. The van der Waals surface area contributed by atoms with E-state index in [4.69, 9.17) is 0 Å². The molecule has 1 fully saturated rings. The van der Waals surface area contributed by atoms with Gasteiger partial charge in [-0.2, -0.15) is 0 Å². The molecule has 1 heterocycles. The maximum absolute atomic E-state index is 3.19. The smallest absolute Gasteiger partial charge is 0.0371 e. The molecule has 0 aromatic heterocycles. The second kappa shape index (κ2) is 4.67. The van der Waals surface area contributed by atoms with Crippen LogP contribution < -0.4 is 10.2 Å². The zero-order valence-corrected chi connectivity index (χ0v) is 9.66. The van der Waals surface area contributed by atoms with Crippen LogP contribution in [0.15, 0.2) is 24.3 Å². The van der Waals surface area contributed by atoms with Crippen LogP contribution in [0.1, 0.15) is 25.3 Å². The molecule has 0 bridgehead atoms. The molecule has 0 radical (unpaired) electrons. The van der Waals surface area contributed by atoms with E-state index < -0.39 is 0 Å². The first kappa shape index (κ1) is 10.5. The number of nitrogens with zero attached hydrogens (tertiary/aromatic N) is 1. The lowest BCUT2D eigenvalue weighted by molar-refractivity contribution is 0.733. The summed E-state index contributed by atoms with van der Waals surface area (Å²) in [5.41, 5.74) is 2.75. The highest BCUT2D eigenvalue weighted by Crippen LogP contribution is 2.25. The third-order valence-electron chi connectivity index (χ3n) is 3.18. The Hall–Kier alpha value is -1.02. The molecule has 0 saturated carbocycles. The van der Waals surface area contributed by atoms with Gasteiger partial charge in [0.1, 0.15) is 0 Å². The number of anilines is 1. The maximum atomic E-state index is 3.19. The number of nitrogens with one attached hydrogen (secondary N) is 1. The van der Waals surface area contributed by atoms with Gasteiger partial charge in [0, 0.05) is 24.8 Å². The van der Waals surface area contributed by atoms with Crippen molar-refractivity contribution >= 4 is 5.69 Å². The molecule has 2 rings (SSSR count). The summed E-state index contributed by atoms with van der Waals surface area (Å²) in [5, 5.41) is 3.19. The van der Waals surface area contributed by atoms with E-state index in [1.54, 1.807) is 0 Å². The van der Waals surface area contributed by atoms with Crippen molar-refractivity contribution < 1.29 is 0 Å². The van der Waals surface area contributed by atoms with E-state index in [2.05, 4.69) is 41.4 Å². The molecule has 2 nitrogen and oxygen atoms in total. The Balaban J connectivity index is 2.16. The summed E-state index contributed by atoms with van der Waals surface area (Å²) >= 11 is 0. The van der Waals surface area contributed by atoms with E-state index in [1.165, 1.54) is 30.6 Å². The van der Waals surface area contributed by atoms with Crippen LogP contribution in [-0.2, 0) is 6.54 Å². The molecule has 1 saturated heterocycles. The van der Waals surface area contributed by atoms with Crippen molar-refractivity contribution in [3.05, 3.63) is 29.8 Å². The maximum Gasteiger partial charge on any atom is 0.0371 e. The molecule has 0 aliphatic carbocycles. The van der Waals surface area contributed by atoms with Crippen molar-refractivity contribution in [2.45, 2.75) is 32.4 Å². The van der Waals surface area contributed by atoms with Gasteiger partial charge in [0.25, 0.3) is 0 Å². The topological polar surface area (TPSA) is 15.3 Å². The van der Waals surface area contributed by atoms with Crippen LogP contribution in [0.2, 0.25) is 0 Å². The van der Waals surface area contributed by atoms with Crippen LogP contribution in [-0.4, -0.2) is 19.6 Å². The van der Waals surface area contributed by atoms with Crippen molar-refractivity contribution in [2.24, 2.45) is 0 Å². The molecule has 2 heteroatoms. The van der Waals surface area contributed by atoms with Crippen molar-refractivity contribution in [1.82, 2.24) is 5.32 Å². The SMILES string of the molecule is CNCc1cccc(N2CCCC2C)c1. The van der Waals surface area contributed by atoms with Gasteiger partial charge in [-0.3, -0.25) is 0 Å². The number of benzene rings is 1. The van der Waals surface area contributed by atoms with Crippen LogP contribution in [0.4, 0.5) is 5.69 Å². The predicted octanol–water partition coefficient (Wildman–Crippen LogP) is 2.39. The zero-order chi connectivity index (χ0) is 10.7. The van der Waals surface area contributed by atoms with Crippen LogP contribution in [0.3, 0.4) is 0 Å². The average molecular weight is 204 g/mol. The van der Waals surface area contributed by atoms with Gasteiger partial charge in [0.15, 0.2) is 0 Å². The number of rotatable bonds is 3. The Labute approximate surface area is 92.3 Å². The predicted molar refractivity (Wildman–Crippen MR) is 65.2 cm³/mol. The van der Waals surface area contributed by atoms with Crippen molar-refractivity contribution in [1.29, 1.82) is 0 Å². The highest BCUT2D eigenvalue weighted by Gasteiger charge is 2.20. The molecule has 1 aliphatic rings. The fourth-order valence-corrected chi connectivity index (χ4v) is 2.37. The Morgan fingerprint density at radius 1 is 1.47 bits per heavy atom. The molecule has 1 aromatic carbocycles. The molecular weight excluding hydrogens is 184 g/mol. The summed E-state index contributed by atoms with van der Waals surface area (Å²) in [6, 6.07) is 9.57. The van der Waals surface area contributed by atoms with Gasteiger partial charge in [-0.15, -0.1) is 0 Å². The molecule has 1 aliphatic heterocycles. The van der Waals surface area contributed by atoms with Gasteiger partial charge in [0.2, 0.25) is 0 Å². The molecule has 1 aromatic rings. The standard InChI is InChI=1S/C13H20N2/c1-11-5-4-8-15(11)13-7-3-6-12(9-13)10-14-2/h3,6-7,9,11,14H,4-5,8,10H2,1-2H3. The van der Waals surface area contributed by atoms with Crippen LogP contribution in [0.5, 0.6) is 0 Å². The minimum atomic E-state index is 0.704. The lowest BCUT2D eigenvalue weighted by Gasteiger charge is -2.24. The Morgan fingerprint density at radius 3 is 3.00 bits per heavy atom. The first-order valence-electron chi connectivity index (χ1n) is 5.81. The second-order valence-corrected chi connectivity index (χ2v) is 4.38. The minimum absolute atomic E-state index is 0.704. The van der Waals surface area contributed by atoms with Crippen molar-refractivity contribution in [3.8, 4) is 0 Å². The van der Waals surface area contributed by atoms with E-state index in [-0.39, 0.29) is 0 Å². The fraction of sp³-hybridized carbons (Fsp3) is 0.538. The van der Waals surface area contributed by atoms with Crippen LogP contribution >= 0.6 is 0 Å². The highest BCUT2D eigenvalue weighted by atomic mass is 15.2. The summed E-state index contributed by atoms with van der Waals surface area (Å²) in [4.78, 5) is 2.51.